The van der Waals surface area contributed by atoms with Crippen molar-refractivity contribution >= 4 is 17.2 Å². The van der Waals surface area contributed by atoms with E-state index in [0.717, 1.165) is 24.3 Å². The lowest BCUT2D eigenvalue weighted by Gasteiger charge is -2.43. The second-order valence-electron chi connectivity index (χ2n) is 4.74. The highest BCUT2D eigenvalue weighted by Gasteiger charge is 2.37. The number of ether oxygens (including phenoxy) is 1. The van der Waals surface area contributed by atoms with Gasteiger partial charge in [-0.05, 0) is 24.3 Å². The number of fused-ring (bicyclic) bond motifs is 1. The summed E-state index contributed by atoms with van der Waals surface area (Å²) in [6.07, 6.45) is 4.95. The number of rotatable bonds is 1. The van der Waals surface area contributed by atoms with Crippen molar-refractivity contribution in [1.29, 1.82) is 0 Å². The van der Waals surface area contributed by atoms with E-state index >= 15 is 0 Å². The molecule has 1 amide bonds. The van der Waals surface area contributed by atoms with Crippen LogP contribution in [-0.4, -0.2) is 36.1 Å². The summed E-state index contributed by atoms with van der Waals surface area (Å²) in [5.74, 6) is 0.195. The molecule has 1 aliphatic carbocycles. The Morgan fingerprint density at radius 2 is 2.29 bits per heavy atom. The quantitative estimate of drug-likeness (QED) is 0.767. The van der Waals surface area contributed by atoms with Gasteiger partial charge >= 0.3 is 0 Å². The molecule has 0 spiro atoms. The molecule has 1 saturated heterocycles. The third kappa shape index (κ3) is 2.11. The average Bonchev–Trinajstić information content (AvgIpc) is 2.91. The standard InChI is InChI=1S/C13H17NO2S/c15-13(12-6-3-9-17-12)14-7-8-16-11-5-2-1-4-10(11)14/h3,6,9-11H,1-2,4-5,7-8H2. The topological polar surface area (TPSA) is 29.5 Å². The van der Waals surface area contributed by atoms with Crippen LogP contribution in [0.15, 0.2) is 17.5 Å². The van der Waals surface area contributed by atoms with Gasteiger partial charge in [-0.25, -0.2) is 0 Å². The summed E-state index contributed by atoms with van der Waals surface area (Å²) in [4.78, 5) is 15.3. The minimum Gasteiger partial charge on any atom is -0.374 e. The molecule has 4 heteroatoms. The fraction of sp³-hybridized carbons (Fsp3) is 0.615. The third-order valence-corrected chi connectivity index (χ3v) is 4.58. The predicted molar refractivity (Wildman–Crippen MR) is 67.4 cm³/mol. The van der Waals surface area contributed by atoms with E-state index in [9.17, 15) is 4.79 Å². The monoisotopic (exact) mass is 251 g/mol. The molecule has 1 aromatic heterocycles. The number of thiophene rings is 1. The number of morpholine rings is 1. The lowest BCUT2D eigenvalue weighted by atomic mass is 9.90. The first-order valence-corrected chi connectivity index (χ1v) is 7.20. The molecule has 0 N–H and O–H groups in total. The maximum Gasteiger partial charge on any atom is 0.264 e. The molecular formula is C13H17NO2S. The van der Waals surface area contributed by atoms with Crippen LogP contribution in [-0.2, 0) is 4.74 Å². The van der Waals surface area contributed by atoms with E-state index in [4.69, 9.17) is 4.74 Å². The number of hydrogen-bond acceptors (Lipinski definition) is 3. The van der Waals surface area contributed by atoms with E-state index in [2.05, 4.69) is 0 Å². The van der Waals surface area contributed by atoms with Gasteiger partial charge < -0.3 is 9.64 Å². The Labute approximate surface area is 105 Å². The van der Waals surface area contributed by atoms with Crippen molar-refractivity contribution in [3.05, 3.63) is 22.4 Å². The number of nitrogens with zero attached hydrogens (tertiary/aromatic N) is 1. The summed E-state index contributed by atoms with van der Waals surface area (Å²) in [6, 6.07) is 4.17. The summed E-state index contributed by atoms with van der Waals surface area (Å²) in [7, 11) is 0. The van der Waals surface area contributed by atoms with Gasteiger partial charge in [-0.2, -0.15) is 0 Å². The molecule has 2 heterocycles. The van der Waals surface area contributed by atoms with Crippen molar-refractivity contribution in [1.82, 2.24) is 4.90 Å². The molecule has 17 heavy (non-hydrogen) atoms. The summed E-state index contributed by atoms with van der Waals surface area (Å²) in [6.45, 7) is 1.44. The van der Waals surface area contributed by atoms with Crippen LogP contribution in [0, 0.1) is 0 Å². The summed E-state index contributed by atoms with van der Waals surface area (Å²) in [5.41, 5.74) is 0. The van der Waals surface area contributed by atoms with Crippen LogP contribution in [0.1, 0.15) is 35.4 Å². The lowest BCUT2D eigenvalue weighted by molar-refractivity contribution is -0.0751. The van der Waals surface area contributed by atoms with E-state index in [-0.39, 0.29) is 12.0 Å². The maximum atomic E-state index is 12.4. The van der Waals surface area contributed by atoms with Crippen molar-refractivity contribution in [3.8, 4) is 0 Å². The molecule has 92 valence electrons. The molecule has 0 bridgehead atoms. The number of carbonyl (C=O) groups excluding carboxylic acids is 1. The Kier molecular flexibility index (Phi) is 3.16. The van der Waals surface area contributed by atoms with Crippen LogP contribution in [0.4, 0.5) is 0 Å². The van der Waals surface area contributed by atoms with Gasteiger partial charge in [-0.1, -0.05) is 18.9 Å². The molecule has 1 saturated carbocycles. The fourth-order valence-electron chi connectivity index (χ4n) is 2.89. The lowest BCUT2D eigenvalue weighted by Crippen LogP contribution is -2.54. The number of amides is 1. The zero-order chi connectivity index (χ0) is 11.7. The Balaban J connectivity index is 1.79. The van der Waals surface area contributed by atoms with Crippen LogP contribution in [0.25, 0.3) is 0 Å². The van der Waals surface area contributed by atoms with Gasteiger partial charge in [0.25, 0.3) is 5.91 Å². The van der Waals surface area contributed by atoms with E-state index in [1.54, 1.807) is 0 Å². The zero-order valence-electron chi connectivity index (χ0n) is 9.80. The number of carbonyl (C=O) groups is 1. The van der Waals surface area contributed by atoms with Crippen molar-refractivity contribution in [2.75, 3.05) is 13.2 Å². The molecule has 1 aromatic rings. The Hall–Kier alpha value is -0.870. The Morgan fingerprint density at radius 1 is 1.41 bits per heavy atom. The van der Waals surface area contributed by atoms with Crippen LogP contribution >= 0.6 is 11.3 Å². The maximum absolute atomic E-state index is 12.4. The fourth-order valence-corrected chi connectivity index (χ4v) is 3.57. The molecule has 1 aliphatic heterocycles. The minimum absolute atomic E-state index is 0.195. The number of hydrogen-bond donors (Lipinski definition) is 0. The molecular weight excluding hydrogens is 234 g/mol. The molecule has 2 fully saturated rings. The highest BCUT2D eigenvalue weighted by molar-refractivity contribution is 7.12. The second-order valence-corrected chi connectivity index (χ2v) is 5.68. The Bertz CT molecular complexity index is 388. The van der Waals surface area contributed by atoms with Crippen molar-refractivity contribution < 1.29 is 9.53 Å². The molecule has 2 aliphatic rings. The van der Waals surface area contributed by atoms with Crippen molar-refractivity contribution in [2.24, 2.45) is 0 Å². The van der Waals surface area contributed by atoms with Crippen LogP contribution in [0.2, 0.25) is 0 Å². The predicted octanol–water partition coefficient (Wildman–Crippen LogP) is 2.53. The van der Waals surface area contributed by atoms with Gasteiger partial charge in [0.1, 0.15) is 0 Å². The van der Waals surface area contributed by atoms with Gasteiger partial charge in [-0.3, -0.25) is 4.79 Å². The van der Waals surface area contributed by atoms with Gasteiger partial charge in [0, 0.05) is 6.54 Å². The summed E-state index contributed by atoms with van der Waals surface area (Å²) < 4.78 is 5.79. The summed E-state index contributed by atoms with van der Waals surface area (Å²) in [5, 5.41) is 1.96. The van der Waals surface area contributed by atoms with Crippen LogP contribution in [0.5, 0.6) is 0 Å². The Morgan fingerprint density at radius 3 is 3.12 bits per heavy atom. The van der Waals surface area contributed by atoms with Crippen molar-refractivity contribution in [2.45, 2.75) is 37.8 Å². The van der Waals surface area contributed by atoms with E-state index in [0.29, 0.717) is 12.6 Å². The van der Waals surface area contributed by atoms with Gasteiger partial charge in [-0.15, -0.1) is 11.3 Å². The smallest absolute Gasteiger partial charge is 0.264 e. The van der Waals surface area contributed by atoms with E-state index in [1.807, 2.05) is 22.4 Å². The van der Waals surface area contributed by atoms with Crippen LogP contribution < -0.4 is 0 Å². The van der Waals surface area contributed by atoms with Gasteiger partial charge in [0.05, 0.1) is 23.6 Å². The summed E-state index contributed by atoms with van der Waals surface area (Å²) >= 11 is 1.53. The van der Waals surface area contributed by atoms with Gasteiger partial charge in [0.2, 0.25) is 0 Å². The highest BCUT2D eigenvalue weighted by Crippen LogP contribution is 2.29. The molecule has 0 radical (unpaired) electrons. The van der Waals surface area contributed by atoms with Crippen molar-refractivity contribution in [3.63, 3.8) is 0 Å². The first-order chi connectivity index (χ1) is 8.36. The molecule has 2 unspecified atom stereocenters. The molecule has 2 atom stereocenters. The SMILES string of the molecule is O=C(c1cccs1)N1CCOC2CCCCC21. The zero-order valence-corrected chi connectivity index (χ0v) is 10.6. The molecule has 3 nitrogen and oxygen atoms in total. The highest BCUT2D eigenvalue weighted by atomic mass is 32.1. The largest absolute Gasteiger partial charge is 0.374 e. The second kappa shape index (κ2) is 4.78. The molecule has 0 aromatic carbocycles. The minimum atomic E-state index is 0.195. The molecule has 3 rings (SSSR count). The van der Waals surface area contributed by atoms with E-state index in [1.165, 1.54) is 24.2 Å². The van der Waals surface area contributed by atoms with Gasteiger partial charge in [0.15, 0.2) is 0 Å². The third-order valence-electron chi connectivity index (χ3n) is 3.72. The van der Waals surface area contributed by atoms with Crippen LogP contribution in [0.3, 0.4) is 0 Å². The normalized spacial score (nSPS) is 28.8. The average molecular weight is 251 g/mol. The first-order valence-electron chi connectivity index (χ1n) is 6.32. The first kappa shape index (κ1) is 11.2. The van der Waals surface area contributed by atoms with E-state index < -0.39 is 0 Å².